The highest BCUT2D eigenvalue weighted by Gasteiger charge is 2.15. The van der Waals surface area contributed by atoms with Crippen LogP contribution in [-0.2, 0) is 17.7 Å². The third-order valence-electron chi connectivity index (χ3n) is 4.15. The summed E-state index contributed by atoms with van der Waals surface area (Å²) in [6.45, 7) is 5.97. The first-order chi connectivity index (χ1) is 11.7. The molecule has 24 heavy (non-hydrogen) atoms. The topological polar surface area (TPSA) is 66.0 Å². The maximum atomic E-state index is 6.04. The second kappa shape index (κ2) is 9.89. The first-order valence-corrected chi connectivity index (χ1v) is 10.0. The minimum absolute atomic E-state index is 0.517. The molecule has 2 aromatic rings. The number of imidazole rings is 1. The van der Waals surface area contributed by atoms with Gasteiger partial charge in [0.25, 0.3) is 0 Å². The number of hydrogen-bond acceptors (Lipinski definition) is 5. The lowest BCUT2D eigenvalue weighted by Gasteiger charge is -2.10. The molecule has 2 N–H and O–H groups in total. The number of pyridine rings is 1. The monoisotopic (exact) mass is 350 g/mol. The van der Waals surface area contributed by atoms with Crippen molar-refractivity contribution in [1.82, 2.24) is 14.5 Å². The van der Waals surface area contributed by atoms with E-state index in [-0.39, 0.29) is 0 Å². The average Bonchev–Trinajstić information content (AvgIpc) is 2.95. The van der Waals surface area contributed by atoms with Crippen molar-refractivity contribution in [2.75, 3.05) is 31.0 Å². The van der Waals surface area contributed by atoms with Gasteiger partial charge in [0.1, 0.15) is 11.3 Å². The first kappa shape index (κ1) is 19.1. The Hall–Kier alpha value is -1.27. The molecule has 2 heterocycles. The molecule has 0 saturated carbocycles. The lowest BCUT2D eigenvalue weighted by atomic mass is 10.2. The second-order valence-electron chi connectivity index (χ2n) is 6.12. The number of nitrogen functional groups attached to an aromatic ring is 1. The SMILES string of the molecule is CCCCSCCCCn1c(CCOC)nc2c(N)ncc(C)c21. The van der Waals surface area contributed by atoms with E-state index in [2.05, 4.69) is 35.2 Å². The van der Waals surface area contributed by atoms with E-state index in [1.54, 1.807) is 7.11 Å². The lowest BCUT2D eigenvalue weighted by molar-refractivity contribution is 0.199. The third-order valence-corrected chi connectivity index (χ3v) is 5.31. The zero-order chi connectivity index (χ0) is 17.4. The highest BCUT2D eigenvalue weighted by Crippen LogP contribution is 2.24. The minimum Gasteiger partial charge on any atom is -0.384 e. The van der Waals surface area contributed by atoms with E-state index in [0.717, 1.165) is 41.8 Å². The van der Waals surface area contributed by atoms with Crippen molar-refractivity contribution in [3.63, 3.8) is 0 Å². The van der Waals surface area contributed by atoms with E-state index in [1.807, 2.05) is 6.20 Å². The predicted molar refractivity (Wildman–Crippen MR) is 104 cm³/mol. The van der Waals surface area contributed by atoms with Gasteiger partial charge in [0.2, 0.25) is 0 Å². The first-order valence-electron chi connectivity index (χ1n) is 8.85. The molecule has 5 nitrogen and oxygen atoms in total. The number of nitrogens with zero attached hydrogens (tertiary/aromatic N) is 3. The summed E-state index contributed by atoms with van der Waals surface area (Å²) in [5.41, 5.74) is 9.13. The molecule has 0 aromatic carbocycles. The Morgan fingerprint density at radius 1 is 1.25 bits per heavy atom. The number of thioether (sulfide) groups is 1. The Bertz CT molecular complexity index is 641. The number of hydrogen-bond donors (Lipinski definition) is 1. The second-order valence-corrected chi connectivity index (χ2v) is 7.34. The molecular formula is C18H30N4OS. The number of ether oxygens (including phenoxy) is 1. The maximum absolute atomic E-state index is 6.04. The van der Waals surface area contributed by atoms with Crippen LogP contribution in [0.15, 0.2) is 6.20 Å². The van der Waals surface area contributed by atoms with E-state index in [4.69, 9.17) is 15.5 Å². The van der Waals surface area contributed by atoms with Crippen LogP contribution in [0.2, 0.25) is 0 Å². The van der Waals surface area contributed by atoms with Crippen molar-refractivity contribution >= 4 is 28.6 Å². The molecule has 0 amide bonds. The van der Waals surface area contributed by atoms with Gasteiger partial charge in [-0.25, -0.2) is 9.97 Å². The fourth-order valence-electron chi connectivity index (χ4n) is 2.81. The Morgan fingerprint density at radius 3 is 2.79 bits per heavy atom. The molecule has 2 rings (SSSR count). The smallest absolute Gasteiger partial charge is 0.151 e. The molecule has 0 spiro atoms. The van der Waals surface area contributed by atoms with Gasteiger partial charge in [-0.2, -0.15) is 11.8 Å². The number of rotatable bonds is 11. The number of aryl methyl sites for hydroxylation is 2. The lowest BCUT2D eigenvalue weighted by Crippen LogP contribution is -2.08. The number of methoxy groups -OCH3 is 1. The van der Waals surface area contributed by atoms with Gasteiger partial charge in [-0.15, -0.1) is 0 Å². The predicted octanol–water partition coefficient (Wildman–Crippen LogP) is 3.82. The number of anilines is 1. The highest BCUT2D eigenvalue weighted by molar-refractivity contribution is 7.99. The molecule has 2 aromatic heterocycles. The summed E-state index contributed by atoms with van der Waals surface area (Å²) in [5.74, 6) is 4.09. The van der Waals surface area contributed by atoms with E-state index >= 15 is 0 Å². The zero-order valence-corrected chi connectivity index (χ0v) is 16.0. The molecule has 0 aliphatic carbocycles. The van der Waals surface area contributed by atoms with Crippen LogP contribution in [0.1, 0.15) is 44.0 Å². The summed E-state index contributed by atoms with van der Waals surface area (Å²) in [5, 5.41) is 0. The van der Waals surface area contributed by atoms with Crippen molar-refractivity contribution in [2.24, 2.45) is 0 Å². The molecule has 0 radical (unpaired) electrons. The molecule has 134 valence electrons. The van der Waals surface area contributed by atoms with Crippen molar-refractivity contribution in [1.29, 1.82) is 0 Å². The molecule has 6 heteroatoms. The molecule has 0 fully saturated rings. The van der Waals surface area contributed by atoms with E-state index in [9.17, 15) is 0 Å². The Labute approximate surface area is 149 Å². The van der Waals surface area contributed by atoms with Crippen molar-refractivity contribution < 1.29 is 4.74 Å². The Kier molecular flexibility index (Phi) is 7.85. The van der Waals surface area contributed by atoms with Crippen LogP contribution >= 0.6 is 11.8 Å². The van der Waals surface area contributed by atoms with Gasteiger partial charge in [0, 0.05) is 26.3 Å². The number of fused-ring (bicyclic) bond motifs is 1. The molecule has 0 saturated heterocycles. The molecule has 0 aliphatic rings. The summed E-state index contributed by atoms with van der Waals surface area (Å²) in [6.07, 6.45) is 7.64. The van der Waals surface area contributed by atoms with Crippen LogP contribution in [0.3, 0.4) is 0 Å². The minimum atomic E-state index is 0.517. The Balaban J connectivity index is 2.07. The van der Waals surface area contributed by atoms with Gasteiger partial charge in [0.05, 0.1) is 12.1 Å². The zero-order valence-electron chi connectivity index (χ0n) is 15.2. The highest BCUT2D eigenvalue weighted by atomic mass is 32.2. The van der Waals surface area contributed by atoms with Crippen LogP contribution in [-0.4, -0.2) is 39.8 Å². The molecule has 0 bridgehead atoms. The van der Waals surface area contributed by atoms with Crippen LogP contribution in [0.4, 0.5) is 5.82 Å². The fraction of sp³-hybridized carbons (Fsp3) is 0.667. The van der Waals surface area contributed by atoms with Crippen LogP contribution in [0.25, 0.3) is 11.0 Å². The van der Waals surface area contributed by atoms with Crippen molar-refractivity contribution in [2.45, 2.75) is 52.5 Å². The quantitative estimate of drug-likeness (QED) is 0.624. The summed E-state index contributed by atoms with van der Waals surface area (Å²) in [4.78, 5) is 8.99. The number of unbranched alkanes of at least 4 members (excludes halogenated alkanes) is 2. The van der Waals surface area contributed by atoms with E-state index in [1.165, 1.54) is 30.8 Å². The average molecular weight is 351 g/mol. The van der Waals surface area contributed by atoms with Gasteiger partial charge < -0.3 is 15.0 Å². The van der Waals surface area contributed by atoms with E-state index < -0.39 is 0 Å². The molecular weight excluding hydrogens is 320 g/mol. The molecule has 0 aliphatic heterocycles. The largest absolute Gasteiger partial charge is 0.384 e. The maximum Gasteiger partial charge on any atom is 0.151 e. The number of aromatic nitrogens is 3. The summed E-state index contributed by atoms with van der Waals surface area (Å²) in [6, 6.07) is 0. The van der Waals surface area contributed by atoms with Gasteiger partial charge in [-0.3, -0.25) is 0 Å². The van der Waals surface area contributed by atoms with E-state index in [0.29, 0.717) is 12.4 Å². The van der Waals surface area contributed by atoms with Gasteiger partial charge in [-0.05, 0) is 43.3 Å². The molecule has 0 atom stereocenters. The van der Waals surface area contributed by atoms with Gasteiger partial charge in [-0.1, -0.05) is 13.3 Å². The van der Waals surface area contributed by atoms with Gasteiger partial charge >= 0.3 is 0 Å². The van der Waals surface area contributed by atoms with Crippen LogP contribution in [0, 0.1) is 6.92 Å². The fourth-order valence-corrected chi connectivity index (χ4v) is 3.92. The summed E-state index contributed by atoms with van der Waals surface area (Å²) in [7, 11) is 1.72. The number of nitrogens with two attached hydrogens (primary N) is 1. The van der Waals surface area contributed by atoms with Gasteiger partial charge in [0.15, 0.2) is 5.82 Å². The molecule has 0 unspecified atom stereocenters. The summed E-state index contributed by atoms with van der Waals surface area (Å²) >= 11 is 2.07. The Morgan fingerprint density at radius 2 is 2.04 bits per heavy atom. The normalized spacial score (nSPS) is 11.5. The van der Waals surface area contributed by atoms with Crippen molar-refractivity contribution in [3.8, 4) is 0 Å². The van der Waals surface area contributed by atoms with Crippen LogP contribution in [0.5, 0.6) is 0 Å². The van der Waals surface area contributed by atoms with Crippen molar-refractivity contribution in [3.05, 3.63) is 17.6 Å². The standard InChI is InChI=1S/C18H30N4OS/c1-4-5-11-24-12-7-6-9-22-15(8-10-23-3)21-16-17(22)14(2)13-20-18(16)19/h13H,4-12H2,1-3H3,(H2,19,20). The summed E-state index contributed by atoms with van der Waals surface area (Å²) < 4.78 is 7.55. The van der Waals surface area contributed by atoms with Crippen LogP contribution < -0.4 is 5.73 Å². The third kappa shape index (κ3) is 4.86.